The van der Waals surface area contributed by atoms with Crippen molar-refractivity contribution < 1.29 is 4.74 Å². The molecular formula is C21H15N5O. The monoisotopic (exact) mass is 353 g/mol. The molecule has 5 aromatic rings. The van der Waals surface area contributed by atoms with E-state index in [9.17, 15) is 0 Å². The summed E-state index contributed by atoms with van der Waals surface area (Å²) in [7, 11) is 1.62. The summed E-state index contributed by atoms with van der Waals surface area (Å²) >= 11 is 0. The fourth-order valence-electron chi connectivity index (χ4n) is 3.30. The number of H-pyrrole nitrogens is 1. The fraction of sp³-hybridized carbons (Fsp3) is 0.0476. The van der Waals surface area contributed by atoms with Gasteiger partial charge in [0.2, 0.25) is 5.88 Å². The van der Waals surface area contributed by atoms with Gasteiger partial charge in [-0.25, -0.2) is 15.0 Å². The van der Waals surface area contributed by atoms with Crippen LogP contribution in [-0.4, -0.2) is 32.0 Å². The number of methoxy groups -OCH3 is 1. The van der Waals surface area contributed by atoms with Crippen molar-refractivity contribution in [1.29, 1.82) is 0 Å². The van der Waals surface area contributed by atoms with Gasteiger partial charge in [-0.05, 0) is 29.8 Å². The van der Waals surface area contributed by atoms with Gasteiger partial charge in [-0.3, -0.25) is 4.98 Å². The molecule has 27 heavy (non-hydrogen) atoms. The van der Waals surface area contributed by atoms with Crippen molar-refractivity contribution in [2.45, 2.75) is 0 Å². The van der Waals surface area contributed by atoms with Crippen LogP contribution >= 0.6 is 0 Å². The van der Waals surface area contributed by atoms with Crippen LogP contribution in [0.3, 0.4) is 0 Å². The van der Waals surface area contributed by atoms with E-state index in [-0.39, 0.29) is 0 Å². The highest BCUT2D eigenvalue weighted by atomic mass is 16.5. The Balaban J connectivity index is 1.70. The normalized spacial score (nSPS) is 11.1. The molecule has 0 fully saturated rings. The molecule has 0 aliphatic heterocycles. The zero-order valence-corrected chi connectivity index (χ0v) is 14.5. The van der Waals surface area contributed by atoms with E-state index in [0.717, 1.165) is 44.2 Å². The van der Waals surface area contributed by atoms with E-state index < -0.39 is 0 Å². The molecule has 0 amide bonds. The maximum atomic E-state index is 5.39. The number of hydrogen-bond donors (Lipinski definition) is 1. The first-order valence-electron chi connectivity index (χ1n) is 8.50. The smallest absolute Gasteiger partial charge is 0.224 e. The summed E-state index contributed by atoms with van der Waals surface area (Å²) in [4.78, 5) is 20.5. The number of pyridine rings is 2. The minimum Gasteiger partial charge on any atom is -0.480 e. The van der Waals surface area contributed by atoms with Crippen LogP contribution in [0.5, 0.6) is 5.88 Å². The topological polar surface area (TPSA) is 76.6 Å². The van der Waals surface area contributed by atoms with Gasteiger partial charge in [-0.15, -0.1) is 0 Å². The Morgan fingerprint density at radius 2 is 1.81 bits per heavy atom. The van der Waals surface area contributed by atoms with Gasteiger partial charge in [0.15, 0.2) is 0 Å². The Hall–Kier alpha value is -3.80. The summed E-state index contributed by atoms with van der Waals surface area (Å²) in [5.41, 5.74) is 5.86. The van der Waals surface area contributed by atoms with E-state index in [1.54, 1.807) is 13.3 Å². The second-order valence-corrected chi connectivity index (χ2v) is 6.18. The Morgan fingerprint density at radius 1 is 0.889 bits per heavy atom. The average Bonchev–Trinajstić information content (AvgIpc) is 3.17. The average molecular weight is 353 g/mol. The van der Waals surface area contributed by atoms with Crippen LogP contribution in [0.1, 0.15) is 0 Å². The summed E-state index contributed by atoms with van der Waals surface area (Å²) in [5, 5.41) is 1.93. The Kier molecular flexibility index (Phi) is 3.53. The van der Waals surface area contributed by atoms with Gasteiger partial charge in [-0.2, -0.15) is 0 Å². The van der Waals surface area contributed by atoms with E-state index in [1.165, 1.54) is 6.33 Å². The number of aromatic nitrogens is 5. The summed E-state index contributed by atoms with van der Waals surface area (Å²) < 4.78 is 5.39. The molecule has 0 spiro atoms. The number of nitrogens with zero attached hydrogens (tertiary/aromatic N) is 4. The number of fused-ring (bicyclic) bond motifs is 2. The molecule has 6 nitrogen and oxygen atoms in total. The molecular weight excluding hydrogens is 338 g/mol. The van der Waals surface area contributed by atoms with Crippen LogP contribution in [0.4, 0.5) is 0 Å². The third kappa shape index (κ3) is 2.58. The van der Waals surface area contributed by atoms with Crippen molar-refractivity contribution in [1.82, 2.24) is 24.9 Å². The highest BCUT2D eigenvalue weighted by Gasteiger charge is 2.12. The standard InChI is InChI=1S/C21H15N5O/c1-27-21-17-7-13(4-5-19(17)25-12-26-21)18-11-24-20-16(18)8-15(10-23-20)14-3-2-6-22-9-14/h2-12H,1H3,(H,23,24). The number of benzene rings is 1. The fourth-order valence-corrected chi connectivity index (χ4v) is 3.30. The molecule has 4 aromatic heterocycles. The zero-order valence-electron chi connectivity index (χ0n) is 14.5. The highest BCUT2D eigenvalue weighted by Crippen LogP contribution is 2.33. The Bertz CT molecular complexity index is 1260. The summed E-state index contributed by atoms with van der Waals surface area (Å²) in [6.07, 6.45) is 8.95. The second kappa shape index (κ2) is 6.17. The van der Waals surface area contributed by atoms with Crippen LogP contribution in [0.25, 0.3) is 44.2 Å². The van der Waals surface area contributed by atoms with Gasteiger partial charge in [0.25, 0.3) is 0 Å². The van der Waals surface area contributed by atoms with Gasteiger partial charge < -0.3 is 9.72 Å². The SMILES string of the molecule is COc1ncnc2ccc(-c3c[nH]c4ncc(-c5cccnc5)cc34)cc12. The number of rotatable bonds is 3. The lowest BCUT2D eigenvalue weighted by Gasteiger charge is -2.06. The van der Waals surface area contributed by atoms with E-state index in [1.807, 2.05) is 48.9 Å². The lowest BCUT2D eigenvalue weighted by molar-refractivity contribution is 0.402. The third-order valence-electron chi connectivity index (χ3n) is 4.63. The number of nitrogens with one attached hydrogen (secondary N) is 1. The Labute approximate surface area is 154 Å². The van der Waals surface area contributed by atoms with Gasteiger partial charge in [0, 0.05) is 46.9 Å². The summed E-state index contributed by atoms with van der Waals surface area (Å²) in [5.74, 6) is 0.566. The quantitative estimate of drug-likeness (QED) is 0.525. The molecule has 0 saturated carbocycles. The summed E-state index contributed by atoms with van der Waals surface area (Å²) in [6, 6.07) is 12.2. The molecule has 6 heteroatoms. The maximum absolute atomic E-state index is 5.39. The number of ether oxygens (including phenoxy) is 1. The van der Waals surface area contributed by atoms with E-state index in [2.05, 4.69) is 31.0 Å². The minimum absolute atomic E-state index is 0.566. The molecule has 0 aliphatic rings. The Morgan fingerprint density at radius 3 is 2.67 bits per heavy atom. The van der Waals surface area contributed by atoms with Crippen LogP contribution < -0.4 is 4.74 Å². The van der Waals surface area contributed by atoms with Crippen LogP contribution in [0.2, 0.25) is 0 Å². The largest absolute Gasteiger partial charge is 0.480 e. The summed E-state index contributed by atoms with van der Waals surface area (Å²) in [6.45, 7) is 0. The molecule has 0 atom stereocenters. The highest BCUT2D eigenvalue weighted by molar-refractivity contribution is 5.98. The van der Waals surface area contributed by atoms with E-state index >= 15 is 0 Å². The molecule has 1 aromatic carbocycles. The third-order valence-corrected chi connectivity index (χ3v) is 4.63. The van der Waals surface area contributed by atoms with Crippen molar-refractivity contribution in [2.24, 2.45) is 0 Å². The van der Waals surface area contributed by atoms with Crippen LogP contribution in [0, 0.1) is 0 Å². The lowest BCUT2D eigenvalue weighted by Crippen LogP contribution is -1.91. The molecule has 1 N–H and O–H groups in total. The van der Waals surface area contributed by atoms with Gasteiger partial charge >= 0.3 is 0 Å². The molecule has 0 aliphatic carbocycles. The van der Waals surface area contributed by atoms with Gasteiger partial charge in [0.05, 0.1) is 18.0 Å². The molecule has 0 radical (unpaired) electrons. The first-order valence-corrected chi connectivity index (χ1v) is 8.50. The van der Waals surface area contributed by atoms with Crippen LogP contribution in [0.15, 0.2) is 67.5 Å². The van der Waals surface area contributed by atoms with Crippen molar-refractivity contribution in [2.75, 3.05) is 7.11 Å². The predicted octanol–water partition coefficient (Wildman–Crippen LogP) is 4.24. The van der Waals surface area contributed by atoms with Crippen molar-refractivity contribution in [3.8, 4) is 28.1 Å². The molecule has 4 heterocycles. The second-order valence-electron chi connectivity index (χ2n) is 6.18. The molecule has 5 rings (SSSR count). The molecule has 130 valence electrons. The lowest BCUT2D eigenvalue weighted by atomic mass is 10.0. The minimum atomic E-state index is 0.566. The number of hydrogen-bond acceptors (Lipinski definition) is 5. The van der Waals surface area contributed by atoms with Gasteiger partial charge in [0.1, 0.15) is 12.0 Å². The van der Waals surface area contributed by atoms with Crippen molar-refractivity contribution in [3.05, 3.63) is 67.5 Å². The predicted molar refractivity (Wildman–Crippen MR) is 104 cm³/mol. The first kappa shape index (κ1) is 15.5. The van der Waals surface area contributed by atoms with E-state index in [4.69, 9.17) is 4.74 Å². The van der Waals surface area contributed by atoms with E-state index in [0.29, 0.717) is 5.88 Å². The molecule has 0 saturated heterocycles. The van der Waals surface area contributed by atoms with Crippen LogP contribution in [-0.2, 0) is 0 Å². The molecule has 0 unspecified atom stereocenters. The van der Waals surface area contributed by atoms with Gasteiger partial charge in [-0.1, -0.05) is 12.1 Å². The molecule has 0 bridgehead atoms. The zero-order chi connectivity index (χ0) is 18.2. The van der Waals surface area contributed by atoms with Crippen molar-refractivity contribution >= 4 is 21.9 Å². The number of aromatic amines is 1. The first-order chi connectivity index (χ1) is 13.3. The maximum Gasteiger partial charge on any atom is 0.224 e. The van der Waals surface area contributed by atoms with Crippen molar-refractivity contribution in [3.63, 3.8) is 0 Å².